The fraction of sp³-hybridized carbons (Fsp3) is 0.269. The summed E-state index contributed by atoms with van der Waals surface area (Å²) in [6.07, 6.45) is 1.70. The number of benzene rings is 2. The number of methoxy groups -OCH3 is 1. The predicted molar refractivity (Wildman–Crippen MR) is 124 cm³/mol. The number of carbonyl (C=O) groups excluding carboxylic acids is 2. The number of para-hydroxylation sites is 1. The van der Waals surface area contributed by atoms with Crippen LogP contribution in [-0.4, -0.2) is 53.3 Å². The average molecular weight is 446 g/mol. The van der Waals surface area contributed by atoms with E-state index >= 15 is 0 Å². The summed E-state index contributed by atoms with van der Waals surface area (Å²) in [7, 11) is 1.55. The minimum Gasteiger partial charge on any atom is -0.493 e. The molecule has 0 bridgehead atoms. The molecule has 4 rings (SSSR count). The van der Waals surface area contributed by atoms with Crippen molar-refractivity contribution in [3.8, 4) is 11.5 Å². The molecule has 1 fully saturated rings. The Morgan fingerprint density at radius 3 is 2.48 bits per heavy atom. The molecule has 33 heavy (non-hydrogen) atoms. The maximum Gasteiger partial charge on any atom is 0.257 e. The van der Waals surface area contributed by atoms with E-state index in [0.717, 1.165) is 11.3 Å². The quantitative estimate of drug-likeness (QED) is 0.578. The van der Waals surface area contributed by atoms with Gasteiger partial charge in [0, 0.05) is 32.8 Å². The maximum absolute atomic E-state index is 13.6. The van der Waals surface area contributed by atoms with E-state index in [1.807, 2.05) is 53.4 Å². The molecule has 2 heterocycles. The van der Waals surface area contributed by atoms with Crippen molar-refractivity contribution in [3.63, 3.8) is 0 Å². The number of aromatic nitrogens is 1. The lowest BCUT2D eigenvalue weighted by Gasteiger charge is -2.41. The molecule has 3 aromatic rings. The summed E-state index contributed by atoms with van der Waals surface area (Å²) in [6.45, 7) is 3.10. The zero-order chi connectivity index (χ0) is 23.2. The minimum atomic E-state index is -0.204. The van der Waals surface area contributed by atoms with Crippen LogP contribution in [0.25, 0.3) is 0 Å². The van der Waals surface area contributed by atoms with Gasteiger partial charge in [0.1, 0.15) is 6.61 Å². The Bertz CT molecular complexity index is 1110. The number of pyridine rings is 1. The Kier molecular flexibility index (Phi) is 6.88. The van der Waals surface area contributed by atoms with Crippen molar-refractivity contribution in [1.82, 2.24) is 14.8 Å². The Labute approximate surface area is 193 Å². The van der Waals surface area contributed by atoms with E-state index < -0.39 is 0 Å². The van der Waals surface area contributed by atoms with E-state index in [0.29, 0.717) is 36.7 Å². The third kappa shape index (κ3) is 4.98. The number of hydrogen-bond donors (Lipinski definition) is 0. The summed E-state index contributed by atoms with van der Waals surface area (Å²) in [5.74, 6) is 0.713. The van der Waals surface area contributed by atoms with Crippen molar-refractivity contribution in [2.45, 2.75) is 19.6 Å². The molecule has 1 aliphatic rings. The summed E-state index contributed by atoms with van der Waals surface area (Å²) in [6, 6.07) is 20.5. The number of rotatable bonds is 6. The standard InChI is InChI=1S/C26H27N3O4/c1-19(30)29-16-15-28(17-23(29)20-9-4-3-5-10-20)26(31)22-12-8-13-24(32-2)25(22)33-18-21-11-6-7-14-27-21/h3-14,23H,15-18H2,1-2H3. The summed E-state index contributed by atoms with van der Waals surface area (Å²) < 4.78 is 11.5. The van der Waals surface area contributed by atoms with Gasteiger partial charge in [-0.2, -0.15) is 0 Å². The molecule has 2 aromatic carbocycles. The molecule has 0 saturated carbocycles. The normalized spacial score (nSPS) is 15.8. The highest BCUT2D eigenvalue weighted by molar-refractivity contribution is 5.98. The molecule has 1 saturated heterocycles. The monoisotopic (exact) mass is 445 g/mol. The van der Waals surface area contributed by atoms with Crippen LogP contribution in [0.4, 0.5) is 0 Å². The number of amides is 2. The van der Waals surface area contributed by atoms with Gasteiger partial charge in [0.15, 0.2) is 11.5 Å². The molecular weight excluding hydrogens is 418 g/mol. The van der Waals surface area contributed by atoms with E-state index in [-0.39, 0.29) is 24.5 Å². The van der Waals surface area contributed by atoms with Gasteiger partial charge in [0.05, 0.1) is 24.4 Å². The number of nitrogens with zero attached hydrogens (tertiary/aromatic N) is 3. The van der Waals surface area contributed by atoms with Crippen molar-refractivity contribution in [2.24, 2.45) is 0 Å². The van der Waals surface area contributed by atoms with Crippen molar-refractivity contribution in [2.75, 3.05) is 26.7 Å². The molecular formula is C26H27N3O4. The van der Waals surface area contributed by atoms with Crippen LogP contribution in [0.2, 0.25) is 0 Å². The lowest BCUT2D eigenvalue weighted by Crippen LogP contribution is -2.51. The van der Waals surface area contributed by atoms with Crippen molar-refractivity contribution >= 4 is 11.8 Å². The lowest BCUT2D eigenvalue weighted by atomic mass is 10.0. The van der Waals surface area contributed by atoms with Crippen LogP contribution in [0, 0.1) is 0 Å². The van der Waals surface area contributed by atoms with Gasteiger partial charge >= 0.3 is 0 Å². The lowest BCUT2D eigenvalue weighted by molar-refractivity contribution is -0.133. The van der Waals surface area contributed by atoms with Crippen LogP contribution in [0.3, 0.4) is 0 Å². The Balaban J connectivity index is 1.60. The molecule has 7 heteroatoms. The minimum absolute atomic E-state index is 0.00304. The Morgan fingerprint density at radius 1 is 1.00 bits per heavy atom. The van der Waals surface area contributed by atoms with Crippen molar-refractivity contribution < 1.29 is 19.1 Å². The Morgan fingerprint density at radius 2 is 1.79 bits per heavy atom. The molecule has 0 spiro atoms. The predicted octanol–water partition coefficient (Wildman–Crippen LogP) is 3.71. The highest BCUT2D eigenvalue weighted by Crippen LogP contribution is 2.34. The maximum atomic E-state index is 13.6. The second-order valence-electron chi connectivity index (χ2n) is 7.84. The Hall–Kier alpha value is -3.87. The number of hydrogen-bond acceptors (Lipinski definition) is 5. The first-order chi connectivity index (χ1) is 16.1. The van der Waals surface area contributed by atoms with Gasteiger partial charge < -0.3 is 19.3 Å². The van der Waals surface area contributed by atoms with Gasteiger partial charge in [-0.3, -0.25) is 14.6 Å². The average Bonchev–Trinajstić information content (AvgIpc) is 2.87. The van der Waals surface area contributed by atoms with E-state index in [1.54, 1.807) is 43.3 Å². The van der Waals surface area contributed by atoms with Crippen LogP contribution in [0.15, 0.2) is 72.9 Å². The zero-order valence-corrected chi connectivity index (χ0v) is 18.8. The summed E-state index contributed by atoms with van der Waals surface area (Å²) in [5.41, 5.74) is 2.18. The van der Waals surface area contributed by atoms with Gasteiger partial charge in [-0.05, 0) is 29.8 Å². The van der Waals surface area contributed by atoms with Crippen LogP contribution in [-0.2, 0) is 11.4 Å². The second-order valence-corrected chi connectivity index (χ2v) is 7.84. The molecule has 170 valence electrons. The number of piperazine rings is 1. The molecule has 0 aliphatic carbocycles. The highest BCUT2D eigenvalue weighted by atomic mass is 16.5. The molecule has 0 N–H and O–H groups in total. The van der Waals surface area contributed by atoms with E-state index in [4.69, 9.17) is 9.47 Å². The van der Waals surface area contributed by atoms with Gasteiger partial charge in [0.2, 0.25) is 5.91 Å². The van der Waals surface area contributed by atoms with E-state index in [9.17, 15) is 9.59 Å². The highest BCUT2D eigenvalue weighted by Gasteiger charge is 2.33. The number of carbonyl (C=O) groups is 2. The summed E-state index contributed by atoms with van der Waals surface area (Å²) in [4.78, 5) is 33.8. The van der Waals surface area contributed by atoms with E-state index in [1.165, 1.54) is 0 Å². The zero-order valence-electron chi connectivity index (χ0n) is 18.8. The first-order valence-corrected chi connectivity index (χ1v) is 10.9. The van der Waals surface area contributed by atoms with Crippen molar-refractivity contribution in [3.05, 3.63) is 89.7 Å². The largest absolute Gasteiger partial charge is 0.493 e. The SMILES string of the molecule is COc1cccc(C(=O)N2CCN(C(C)=O)C(c3ccccc3)C2)c1OCc1ccccn1. The van der Waals surface area contributed by atoms with Crippen LogP contribution in [0.5, 0.6) is 11.5 Å². The first-order valence-electron chi connectivity index (χ1n) is 10.9. The van der Waals surface area contributed by atoms with Gasteiger partial charge in [-0.15, -0.1) is 0 Å². The van der Waals surface area contributed by atoms with Crippen LogP contribution in [0.1, 0.15) is 34.6 Å². The number of ether oxygens (including phenoxy) is 2. The van der Waals surface area contributed by atoms with Crippen LogP contribution < -0.4 is 9.47 Å². The smallest absolute Gasteiger partial charge is 0.257 e. The van der Waals surface area contributed by atoms with Crippen LogP contribution >= 0.6 is 0 Å². The molecule has 7 nitrogen and oxygen atoms in total. The van der Waals surface area contributed by atoms with Gasteiger partial charge in [-0.25, -0.2) is 0 Å². The van der Waals surface area contributed by atoms with E-state index in [2.05, 4.69) is 4.98 Å². The third-order valence-corrected chi connectivity index (χ3v) is 5.78. The molecule has 1 aromatic heterocycles. The fourth-order valence-electron chi connectivity index (χ4n) is 4.10. The molecule has 1 aliphatic heterocycles. The molecule has 1 atom stereocenters. The summed E-state index contributed by atoms with van der Waals surface area (Å²) in [5, 5.41) is 0. The van der Waals surface area contributed by atoms with Gasteiger partial charge in [-0.1, -0.05) is 42.5 Å². The topological polar surface area (TPSA) is 72.0 Å². The second kappa shape index (κ2) is 10.2. The first kappa shape index (κ1) is 22.3. The van der Waals surface area contributed by atoms with Gasteiger partial charge in [0.25, 0.3) is 5.91 Å². The van der Waals surface area contributed by atoms with Crippen molar-refractivity contribution in [1.29, 1.82) is 0 Å². The molecule has 2 amide bonds. The summed E-state index contributed by atoms with van der Waals surface area (Å²) >= 11 is 0. The fourth-order valence-corrected chi connectivity index (χ4v) is 4.10. The molecule has 1 unspecified atom stereocenters. The third-order valence-electron chi connectivity index (χ3n) is 5.78. The molecule has 0 radical (unpaired) electrons.